The van der Waals surface area contributed by atoms with E-state index < -0.39 is 11.3 Å². The molecule has 29 heavy (non-hydrogen) atoms. The van der Waals surface area contributed by atoms with Crippen LogP contribution < -0.4 is 4.74 Å². The van der Waals surface area contributed by atoms with Crippen LogP contribution >= 0.6 is 23.5 Å². The largest absolute Gasteiger partial charge is 0.497 e. The van der Waals surface area contributed by atoms with Crippen molar-refractivity contribution in [2.45, 2.75) is 45.4 Å². The first-order valence-electron chi connectivity index (χ1n) is 9.99. The van der Waals surface area contributed by atoms with E-state index in [1.165, 1.54) is 0 Å². The van der Waals surface area contributed by atoms with Gasteiger partial charge in [0.1, 0.15) is 17.3 Å². The van der Waals surface area contributed by atoms with Gasteiger partial charge in [-0.1, -0.05) is 26.0 Å². The van der Waals surface area contributed by atoms with Crippen molar-refractivity contribution in [3.05, 3.63) is 39.6 Å². The number of ketones is 3. The Balaban J connectivity index is 1.82. The Kier molecular flexibility index (Phi) is 5.45. The fourth-order valence-corrected chi connectivity index (χ4v) is 7.47. The van der Waals surface area contributed by atoms with E-state index in [0.29, 0.717) is 24.2 Å². The highest BCUT2D eigenvalue weighted by atomic mass is 32.2. The molecule has 1 aromatic rings. The zero-order valence-electron chi connectivity index (χ0n) is 17.1. The highest BCUT2D eigenvalue weighted by Gasteiger charge is 2.59. The van der Waals surface area contributed by atoms with E-state index in [-0.39, 0.29) is 35.6 Å². The molecule has 3 fully saturated rings. The molecule has 154 valence electrons. The van der Waals surface area contributed by atoms with E-state index in [9.17, 15) is 14.4 Å². The summed E-state index contributed by atoms with van der Waals surface area (Å²) in [6, 6.07) is 7.48. The van der Waals surface area contributed by atoms with Crippen molar-refractivity contribution >= 4 is 40.9 Å². The minimum Gasteiger partial charge on any atom is -0.497 e. The minimum atomic E-state index is -1.12. The van der Waals surface area contributed by atoms with Gasteiger partial charge in [-0.2, -0.15) is 0 Å². The molecule has 1 aromatic carbocycles. The third kappa shape index (κ3) is 3.59. The molecule has 1 aliphatic heterocycles. The van der Waals surface area contributed by atoms with E-state index in [1.807, 2.05) is 38.1 Å². The van der Waals surface area contributed by atoms with Gasteiger partial charge in [0.25, 0.3) is 0 Å². The van der Waals surface area contributed by atoms with Gasteiger partial charge in [0.15, 0.2) is 5.78 Å². The Morgan fingerprint density at radius 3 is 2.07 bits per heavy atom. The number of Topliss-reactive ketones (excluding diaryl/α,β-unsaturated/α-hetero) is 3. The molecule has 6 heteroatoms. The van der Waals surface area contributed by atoms with Crippen LogP contribution in [0.4, 0.5) is 0 Å². The van der Waals surface area contributed by atoms with Crippen molar-refractivity contribution in [1.82, 2.24) is 0 Å². The minimum absolute atomic E-state index is 0.00170. The second-order valence-electron chi connectivity index (χ2n) is 8.93. The molecule has 4 rings (SSSR count). The molecule has 4 nitrogen and oxygen atoms in total. The first kappa shape index (κ1) is 20.7. The Labute approximate surface area is 180 Å². The standard InChI is InChI=1S/C23H26O4S2/c1-22(2)12-19(25)23(20(26)13-22)11-16(21-28-8-9-29-21)18(24)10-17(23)14-4-6-15(27-3)7-5-14/h4-7,17H,8-13H2,1-3H3. The van der Waals surface area contributed by atoms with Gasteiger partial charge in [0, 0.05) is 46.5 Å². The summed E-state index contributed by atoms with van der Waals surface area (Å²) in [5.41, 5.74) is 0.138. The van der Waals surface area contributed by atoms with Crippen LogP contribution in [0, 0.1) is 10.8 Å². The molecule has 0 amide bonds. The van der Waals surface area contributed by atoms with E-state index >= 15 is 0 Å². The fourth-order valence-electron chi connectivity index (χ4n) is 4.88. The number of hydrogen-bond donors (Lipinski definition) is 0. The number of thioether (sulfide) groups is 2. The van der Waals surface area contributed by atoms with Crippen molar-refractivity contribution in [3.8, 4) is 5.75 Å². The Hall–Kier alpha value is -1.53. The number of ether oxygens (including phenoxy) is 1. The fraction of sp³-hybridized carbons (Fsp3) is 0.522. The number of benzene rings is 1. The first-order chi connectivity index (χ1) is 13.8. The lowest BCUT2D eigenvalue weighted by Crippen LogP contribution is -2.54. The summed E-state index contributed by atoms with van der Waals surface area (Å²) in [7, 11) is 1.60. The normalized spacial score (nSPS) is 26.3. The van der Waals surface area contributed by atoms with Crippen LogP contribution in [0.1, 0.15) is 51.0 Å². The van der Waals surface area contributed by atoms with Crippen LogP contribution in [0.3, 0.4) is 0 Å². The quantitative estimate of drug-likeness (QED) is 0.497. The molecule has 1 spiro atoms. The van der Waals surface area contributed by atoms with Gasteiger partial charge in [-0.15, -0.1) is 23.5 Å². The zero-order valence-corrected chi connectivity index (χ0v) is 18.7. The van der Waals surface area contributed by atoms with Crippen LogP contribution in [0.25, 0.3) is 0 Å². The summed E-state index contributed by atoms with van der Waals surface area (Å²) in [6.07, 6.45) is 1.22. The zero-order chi connectivity index (χ0) is 20.8. The lowest BCUT2D eigenvalue weighted by atomic mass is 9.52. The molecule has 0 bridgehead atoms. The maximum Gasteiger partial charge on any atom is 0.161 e. The van der Waals surface area contributed by atoms with Gasteiger partial charge in [0.05, 0.1) is 12.5 Å². The van der Waals surface area contributed by atoms with Gasteiger partial charge in [-0.05, 0) is 29.5 Å². The maximum atomic E-state index is 13.6. The topological polar surface area (TPSA) is 60.4 Å². The Morgan fingerprint density at radius 1 is 0.931 bits per heavy atom. The summed E-state index contributed by atoms with van der Waals surface area (Å²) in [6.45, 7) is 3.96. The van der Waals surface area contributed by atoms with Crippen LogP contribution in [0.5, 0.6) is 5.75 Å². The van der Waals surface area contributed by atoms with Gasteiger partial charge < -0.3 is 4.74 Å². The second-order valence-corrected chi connectivity index (χ2v) is 11.4. The van der Waals surface area contributed by atoms with E-state index in [2.05, 4.69) is 0 Å². The summed E-state index contributed by atoms with van der Waals surface area (Å²) in [4.78, 5) is 40.3. The predicted octanol–water partition coefficient (Wildman–Crippen LogP) is 4.78. The van der Waals surface area contributed by atoms with Crippen molar-refractivity contribution in [2.75, 3.05) is 18.6 Å². The molecule has 1 heterocycles. The number of rotatable bonds is 2. The van der Waals surface area contributed by atoms with Crippen LogP contribution in [0.15, 0.2) is 34.1 Å². The molecule has 0 N–H and O–H groups in total. The van der Waals surface area contributed by atoms with Crippen LogP contribution in [0.2, 0.25) is 0 Å². The van der Waals surface area contributed by atoms with Gasteiger partial charge >= 0.3 is 0 Å². The second kappa shape index (κ2) is 7.62. The lowest BCUT2D eigenvalue weighted by Gasteiger charge is -2.48. The number of carbonyl (C=O) groups is 3. The third-order valence-electron chi connectivity index (χ3n) is 6.36. The van der Waals surface area contributed by atoms with Crippen molar-refractivity contribution in [1.29, 1.82) is 0 Å². The number of hydrogen-bond acceptors (Lipinski definition) is 6. The molecular formula is C23H26O4S2. The molecule has 0 aromatic heterocycles. The number of carbonyl (C=O) groups excluding carboxylic acids is 3. The molecule has 2 saturated carbocycles. The van der Waals surface area contributed by atoms with Crippen molar-refractivity contribution in [2.24, 2.45) is 10.8 Å². The van der Waals surface area contributed by atoms with Crippen molar-refractivity contribution in [3.63, 3.8) is 0 Å². The summed E-state index contributed by atoms with van der Waals surface area (Å²) in [5, 5.41) is 0. The molecule has 3 aliphatic rings. The Morgan fingerprint density at radius 2 is 1.52 bits per heavy atom. The molecular weight excluding hydrogens is 404 g/mol. The van der Waals surface area contributed by atoms with Gasteiger partial charge in [-0.25, -0.2) is 0 Å². The summed E-state index contributed by atoms with van der Waals surface area (Å²) >= 11 is 3.37. The maximum absolute atomic E-state index is 13.6. The highest BCUT2D eigenvalue weighted by molar-refractivity contribution is 8.25. The van der Waals surface area contributed by atoms with E-state index in [4.69, 9.17) is 4.74 Å². The van der Waals surface area contributed by atoms with Gasteiger partial charge in [0.2, 0.25) is 0 Å². The average Bonchev–Trinajstić information content (AvgIpc) is 3.20. The molecule has 2 aliphatic carbocycles. The molecule has 1 unspecified atom stereocenters. The van der Waals surface area contributed by atoms with E-state index in [0.717, 1.165) is 21.3 Å². The summed E-state index contributed by atoms with van der Waals surface area (Å²) < 4.78 is 6.28. The summed E-state index contributed by atoms with van der Waals surface area (Å²) in [5.74, 6) is 2.34. The third-order valence-corrected chi connectivity index (χ3v) is 9.16. The average molecular weight is 431 g/mol. The Bertz CT molecular complexity index is 870. The van der Waals surface area contributed by atoms with Crippen LogP contribution in [-0.4, -0.2) is 36.0 Å². The SMILES string of the molecule is COc1ccc(C2CC(=O)C(=C3SCCS3)CC23C(=O)CC(C)(C)CC3=O)cc1. The highest BCUT2D eigenvalue weighted by Crippen LogP contribution is 2.57. The first-order valence-corrected chi connectivity index (χ1v) is 12.0. The predicted molar refractivity (Wildman–Crippen MR) is 117 cm³/mol. The lowest BCUT2D eigenvalue weighted by molar-refractivity contribution is -0.151. The molecule has 1 saturated heterocycles. The van der Waals surface area contributed by atoms with E-state index in [1.54, 1.807) is 30.6 Å². The number of methoxy groups -OCH3 is 1. The van der Waals surface area contributed by atoms with Gasteiger partial charge in [-0.3, -0.25) is 14.4 Å². The number of allylic oxidation sites excluding steroid dienone is 1. The smallest absolute Gasteiger partial charge is 0.161 e. The molecule has 0 radical (unpaired) electrons. The van der Waals surface area contributed by atoms with Crippen LogP contribution in [-0.2, 0) is 14.4 Å². The monoisotopic (exact) mass is 430 g/mol. The van der Waals surface area contributed by atoms with Crippen molar-refractivity contribution < 1.29 is 19.1 Å². The molecule has 1 atom stereocenters.